The van der Waals surface area contributed by atoms with Gasteiger partial charge in [-0.3, -0.25) is 0 Å². The van der Waals surface area contributed by atoms with Crippen LogP contribution in [0.2, 0.25) is 0 Å². The zero-order valence-corrected chi connectivity index (χ0v) is 14.8. The highest BCUT2D eigenvalue weighted by Gasteiger charge is 2.28. The molecule has 0 spiro atoms. The molecule has 2 unspecified atom stereocenters. The summed E-state index contributed by atoms with van der Waals surface area (Å²) in [6, 6.07) is -0.512. The summed E-state index contributed by atoms with van der Waals surface area (Å²) >= 11 is 0. The maximum Gasteiger partial charge on any atom is 0.227 e. The molecular formula is C16H26FN7O. The van der Waals surface area contributed by atoms with E-state index in [2.05, 4.69) is 30.9 Å². The second-order valence-corrected chi connectivity index (χ2v) is 6.42. The maximum atomic E-state index is 14.0. The van der Waals surface area contributed by atoms with Crippen LogP contribution in [0.3, 0.4) is 0 Å². The molecule has 2 aromatic heterocycles. The van der Waals surface area contributed by atoms with Crippen LogP contribution in [0.5, 0.6) is 0 Å². The second kappa shape index (κ2) is 7.49. The minimum Gasteiger partial charge on any atom is -0.391 e. The van der Waals surface area contributed by atoms with Crippen LogP contribution in [0.25, 0.3) is 11.2 Å². The van der Waals surface area contributed by atoms with Crippen molar-refractivity contribution in [1.82, 2.24) is 24.8 Å². The Kier molecular flexibility index (Phi) is 5.33. The Morgan fingerprint density at radius 1 is 1.40 bits per heavy atom. The van der Waals surface area contributed by atoms with Gasteiger partial charge in [-0.05, 0) is 20.3 Å². The standard InChI is InChI=1S/C16H26FN7O/c1-4-11(9(3)25)21-16-22-14(20-12-7-18-6-10(12)17)13-15(23-16)24(5-2)8-19-13/h8-12,18,25H,4-7H2,1-3H3,(H2,20,21,22,23)/t9-,10?,11+,12?/m1/s1. The van der Waals surface area contributed by atoms with Crippen molar-refractivity contribution in [3.8, 4) is 0 Å². The molecule has 25 heavy (non-hydrogen) atoms. The fourth-order valence-electron chi connectivity index (χ4n) is 3.03. The summed E-state index contributed by atoms with van der Waals surface area (Å²) in [5.74, 6) is 0.913. The van der Waals surface area contributed by atoms with Crippen LogP contribution in [-0.4, -0.2) is 62.1 Å². The van der Waals surface area contributed by atoms with Gasteiger partial charge in [-0.15, -0.1) is 0 Å². The van der Waals surface area contributed by atoms with Gasteiger partial charge in [-0.1, -0.05) is 6.92 Å². The zero-order chi connectivity index (χ0) is 18.0. The number of halogens is 1. The fourth-order valence-corrected chi connectivity index (χ4v) is 3.03. The number of anilines is 2. The number of aliphatic hydroxyl groups is 1. The topological polar surface area (TPSA) is 99.9 Å². The van der Waals surface area contributed by atoms with Gasteiger partial charge in [-0.2, -0.15) is 9.97 Å². The Labute approximate surface area is 146 Å². The van der Waals surface area contributed by atoms with Crippen LogP contribution >= 0.6 is 0 Å². The van der Waals surface area contributed by atoms with E-state index in [4.69, 9.17) is 0 Å². The van der Waals surface area contributed by atoms with Crippen LogP contribution in [0.15, 0.2) is 6.33 Å². The van der Waals surface area contributed by atoms with Crippen LogP contribution in [-0.2, 0) is 6.54 Å². The number of aryl methyl sites for hydroxylation is 1. The molecule has 1 aliphatic heterocycles. The van der Waals surface area contributed by atoms with E-state index in [0.29, 0.717) is 36.0 Å². The summed E-state index contributed by atoms with van der Waals surface area (Å²) in [6.07, 6.45) is 0.926. The van der Waals surface area contributed by atoms with E-state index in [1.165, 1.54) is 0 Å². The molecular weight excluding hydrogens is 325 g/mol. The average molecular weight is 351 g/mol. The molecule has 3 rings (SSSR count). The van der Waals surface area contributed by atoms with Crippen molar-refractivity contribution >= 4 is 22.9 Å². The van der Waals surface area contributed by atoms with Crippen molar-refractivity contribution in [1.29, 1.82) is 0 Å². The first-order valence-corrected chi connectivity index (χ1v) is 8.82. The van der Waals surface area contributed by atoms with Crippen molar-refractivity contribution in [2.24, 2.45) is 0 Å². The molecule has 1 saturated heterocycles. The third-order valence-electron chi connectivity index (χ3n) is 4.60. The van der Waals surface area contributed by atoms with E-state index in [-0.39, 0.29) is 12.1 Å². The molecule has 0 saturated carbocycles. The number of hydrogen-bond acceptors (Lipinski definition) is 7. The number of aliphatic hydroxyl groups excluding tert-OH is 1. The van der Waals surface area contributed by atoms with Gasteiger partial charge in [0.2, 0.25) is 5.95 Å². The molecule has 2 aromatic rings. The number of alkyl halides is 1. The van der Waals surface area contributed by atoms with E-state index in [1.807, 2.05) is 18.4 Å². The molecule has 4 atom stereocenters. The van der Waals surface area contributed by atoms with E-state index >= 15 is 0 Å². The SMILES string of the molecule is CC[C@H](Nc1nc(NC2CNCC2F)c2ncn(CC)c2n1)[C@@H](C)O. The highest BCUT2D eigenvalue weighted by atomic mass is 19.1. The van der Waals surface area contributed by atoms with E-state index < -0.39 is 12.3 Å². The summed E-state index contributed by atoms with van der Waals surface area (Å²) in [6.45, 7) is 7.31. The van der Waals surface area contributed by atoms with Crippen molar-refractivity contribution < 1.29 is 9.50 Å². The maximum absolute atomic E-state index is 14.0. The van der Waals surface area contributed by atoms with Crippen LogP contribution in [0.4, 0.5) is 16.2 Å². The number of imidazole rings is 1. The number of fused-ring (bicyclic) bond motifs is 1. The lowest BCUT2D eigenvalue weighted by molar-refractivity contribution is 0.169. The molecule has 0 aromatic carbocycles. The monoisotopic (exact) mass is 351 g/mol. The molecule has 0 aliphatic carbocycles. The van der Waals surface area contributed by atoms with Crippen LogP contribution in [0, 0.1) is 0 Å². The van der Waals surface area contributed by atoms with Gasteiger partial charge in [0.1, 0.15) is 6.17 Å². The first kappa shape index (κ1) is 17.8. The Bertz CT molecular complexity index is 720. The van der Waals surface area contributed by atoms with Crippen LogP contribution in [0.1, 0.15) is 27.2 Å². The lowest BCUT2D eigenvalue weighted by Gasteiger charge is -2.21. The molecule has 3 heterocycles. The zero-order valence-electron chi connectivity index (χ0n) is 14.8. The van der Waals surface area contributed by atoms with Crippen molar-refractivity contribution in [2.45, 2.75) is 58.1 Å². The first-order chi connectivity index (χ1) is 12.0. The number of aromatic nitrogens is 4. The summed E-state index contributed by atoms with van der Waals surface area (Å²) in [5, 5.41) is 19.2. The summed E-state index contributed by atoms with van der Waals surface area (Å²) < 4.78 is 15.9. The van der Waals surface area contributed by atoms with Crippen molar-refractivity contribution in [3.63, 3.8) is 0 Å². The van der Waals surface area contributed by atoms with Gasteiger partial charge in [0, 0.05) is 19.6 Å². The smallest absolute Gasteiger partial charge is 0.227 e. The van der Waals surface area contributed by atoms with Gasteiger partial charge >= 0.3 is 0 Å². The lowest BCUT2D eigenvalue weighted by atomic mass is 10.1. The van der Waals surface area contributed by atoms with Gasteiger partial charge in [0.25, 0.3) is 0 Å². The van der Waals surface area contributed by atoms with Gasteiger partial charge in [0.15, 0.2) is 17.0 Å². The molecule has 8 nitrogen and oxygen atoms in total. The van der Waals surface area contributed by atoms with E-state index in [0.717, 1.165) is 13.0 Å². The quantitative estimate of drug-likeness (QED) is 0.593. The van der Waals surface area contributed by atoms with Crippen LogP contribution < -0.4 is 16.0 Å². The van der Waals surface area contributed by atoms with E-state index in [1.54, 1.807) is 13.3 Å². The third kappa shape index (κ3) is 3.67. The Morgan fingerprint density at radius 3 is 2.80 bits per heavy atom. The van der Waals surface area contributed by atoms with Crippen molar-refractivity contribution in [2.75, 3.05) is 23.7 Å². The minimum absolute atomic E-state index is 0.162. The first-order valence-electron chi connectivity index (χ1n) is 8.82. The Balaban J connectivity index is 1.97. The van der Waals surface area contributed by atoms with E-state index in [9.17, 15) is 9.50 Å². The summed E-state index contributed by atoms with van der Waals surface area (Å²) in [7, 11) is 0. The largest absolute Gasteiger partial charge is 0.391 e. The molecule has 9 heteroatoms. The van der Waals surface area contributed by atoms with Crippen molar-refractivity contribution in [3.05, 3.63) is 6.33 Å². The van der Waals surface area contributed by atoms with Gasteiger partial charge in [0.05, 0.1) is 24.5 Å². The molecule has 0 radical (unpaired) electrons. The summed E-state index contributed by atoms with van der Waals surface area (Å²) in [4.78, 5) is 13.4. The molecule has 138 valence electrons. The summed E-state index contributed by atoms with van der Waals surface area (Å²) in [5.41, 5.74) is 1.31. The minimum atomic E-state index is -0.976. The number of nitrogens with one attached hydrogen (secondary N) is 3. The fraction of sp³-hybridized carbons (Fsp3) is 0.688. The molecule has 0 amide bonds. The normalized spacial score (nSPS) is 22.9. The van der Waals surface area contributed by atoms with Gasteiger partial charge in [-0.25, -0.2) is 9.37 Å². The Hall–Kier alpha value is -2.00. The third-order valence-corrected chi connectivity index (χ3v) is 4.60. The predicted octanol–water partition coefficient (Wildman–Crippen LogP) is 1.14. The number of hydrogen-bond donors (Lipinski definition) is 4. The van der Waals surface area contributed by atoms with Gasteiger partial charge < -0.3 is 25.6 Å². The second-order valence-electron chi connectivity index (χ2n) is 6.42. The molecule has 1 aliphatic rings. The average Bonchev–Trinajstić information content (AvgIpc) is 3.18. The molecule has 1 fully saturated rings. The highest BCUT2D eigenvalue weighted by Crippen LogP contribution is 2.23. The predicted molar refractivity (Wildman–Crippen MR) is 95.6 cm³/mol. The molecule has 4 N–H and O–H groups in total. The number of rotatable bonds is 7. The Morgan fingerprint density at radius 2 is 2.20 bits per heavy atom. The molecule has 0 bridgehead atoms. The highest BCUT2D eigenvalue weighted by molar-refractivity contribution is 5.84. The lowest BCUT2D eigenvalue weighted by Crippen LogP contribution is -2.32. The number of nitrogens with zero attached hydrogens (tertiary/aromatic N) is 4.